The molecule has 1 aliphatic rings. The number of hydrogen-bond donors (Lipinski definition) is 2. The first kappa shape index (κ1) is 16.7. The minimum absolute atomic E-state index is 0.199. The lowest BCUT2D eigenvalue weighted by atomic mass is 10.2. The van der Waals surface area contributed by atoms with Gasteiger partial charge in [0, 0.05) is 32.9 Å². The van der Waals surface area contributed by atoms with Crippen molar-refractivity contribution in [2.45, 2.75) is 38.3 Å². The van der Waals surface area contributed by atoms with Crippen LogP contribution in [0.25, 0.3) is 0 Å². The Morgan fingerprint density at radius 3 is 2.82 bits per heavy atom. The first-order valence-electron chi connectivity index (χ1n) is 7.93. The molecule has 0 spiro atoms. The van der Waals surface area contributed by atoms with Crippen molar-refractivity contribution in [2.24, 2.45) is 5.73 Å². The van der Waals surface area contributed by atoms with Crippen molar-refractivity contribution >= 4 is 11.7 Å². The third-order valence-electron chi connectivity index (χ3n) is 3.89. The Kier molecular flexibility index (Phi) is 6.61. The highest BCUT2D eigenvalue weighted by Gasteiger charge is 2.14. The minimum atomic E-state index is -0.628. The number of methoxy groups -OCH3 is 1. The van der Waals surface area contributed by atoms with Crippen molar-refractivity contribution < 1.29 is 9.53 Å². The van der Waals surface area contributed by atoms with Gasteiger partial charge in [-0.2, -0.15) is 0 Å². The summed E-state index contributed by atoms with van der Waals surface area (Å²) in [4.78, 5) is 18.6. The Labute approximate surface area is 132 Å². The van der Waals surface area contributed by atoms with Crippen LogP contribution in [0.15, 0.2) is 18.3 Å². The van der Waals surface area contributed by atoms with Gasteiger partial charge in [-0.15, -0.1) is 0 Å². The van der Waals surface area contributed by atoms with Crippen molar-refractivity contribution in [2.75, 3.05) is 31.7 Å². The van der Waals surface area contributed by atoms with Gasteiger partial charge in [-0.05, 0) is 30.5 Å². The third-order valence-corrected chi connectivity index (χ3v) is 3.89. The zero-order chi connectivity index (χ0) is 15.8. The van der Waals surface area contributed by atoms with Crippen LogP contribution in [0.3, 0.4) is 0 Å². The number of nitrogens with two attached hydrogens (primary N) is 1. The van der Waals surface area contributed by atoms with Crippen molar-refractivity contribution in [3.05, 3.63) is 23.9 Å². The summed E-state index contributed by atoms with van der Waals surface area (Å²) in [5.41, 5.74) is 6.73. The molecular weight excluding hydrogens is 280 g/mol. The van der Waals surface area contributed by atoms with Gasteiger partial charge in [0.2, 0.25) is 5.91 Å². The number of amides is 1. The highest BCUT2D eigenvalue weighted by molar-refractivity contribution is 5.81. The fourth-order valence-electron chi connectivity index (χ4n) is 2.62. The van der Waals surface area contributed by atoms with Crippen LogP contribution in [0, 0.1) is 0 Å². The molecule has 0 aromatic carbocycles. The Hall–Kier alpha value is -1.66. The summed E-state index contributed by atoms with van der Waals surface area (Å²) < 4.78 is 4.88. The SMILES string of the molecule is COCC(N)C(=O)NCc1ccnc(N2CCCCCC2)c1. The predicted octanol–water partition coefficient (Wildman–Crippen LogP) is 1.05. The Bertz CT molecular complexity index is 473. The molecule has 6 heteroatoms. The smallest absolute Gasteiger partial charge is 0.239 e. The zero-order valence-corrected chi connectivity index (χ0v) is 13.3. The summed E-state index contributed by atoms with van der Waals surface area (Å²) in [6, 6.07) is 3.34. The second-order valence-electron chi connectivity index (χ2n) is 5.70. The quantitative estimate of drug-likeness (QED) is 0.821. The molecule has 1 amide bonds. The molecule has 0 saturated carbocycles. The number of carbonyl (C=O) groups is 1. The summed E-state index contributed by atoms with van der Waals surface area (Å²) >= 11 is 0. The largest absolute Gasteiger partial charge is 0.383 e. The second kappa shape index (κ2) is 8.70. The lowest BCUT2D eigenvalue weighted by molar-refractivity contribution is -0.123. The molecule has 2 heterocycles. The van der Waals surface area contributed by atoms with Gasteiger partial charge in [0.05, 0.1) is 6.61 Å². The highest BCUT2D eigenvalue weighted by Crippen LogP contribution is 2.18. The maximum Gasteiger partial charge on any atom is 0.239 e. The number of nitrogens with one attached hydrogen (secondary N) is 1. The molecule has 1 saturated heterocycles. The molecule has 1 aromatic rings. The first-order chi connectivity index (χ1) is 10.7. The standard InChI is InChI=1S/C16H26N4O2/c1-22-12-14(17)16(21)19-11-13-6-7-18-15(10-13)20-8-4-2-3-5-9-20/h6-7,10,14H,2-5,8-9,11-12,17H2,1H3,(H,19,21). The summed E-state index contributed by atoms with van der Waals surface area (Å²) in [7, 11) is 1.53. The third kappa shape index (κ3) is 4.96. The van der Waals surface area contributed by atoms with Gasteiger partial charge in [0.15, 0.2) is 0 Å². The minimum Gasteiger partial charge on any atom is -0.383 e. The summed E-state index contributed by atoms with van der Waals surface area (Å²) in [5, 5.41) is 2.84. The molecule has 0 radical (unpaired) electrons. The fraction of sp³-hybridized carbons (Fsp3) is 0.625. The van der Waals surface area contributed by atoms with E-state index in [-0.39, 0.29) is 12.5 Å². The van der Waals surface area contributed by atoms with E-state index in [2.05, 4.69) is 15.2 Å². The summed E-state index contributed by atoms with van der Waals surface area (Å²) in [5.74, 6) is 0.796. The summed E-state index contributed by atoms with van der Waals surface area (Å²) in [6.07, 6.45) is 6.83. The van der Waals surface area contributed by atoms with E-state index < -0.39 is 6.04 Å². The molecule has 1 aliphatic heterocycles. The van der Waals surface area contributed by atoms with Gasteiger partial charge >= 0.3 is 0 Å². The molecule has 0 aliphatic carbocycles. The molecule has 1 fully saturated rings. The van der Waals surface area contributed by atoms with Crippen LogP contribution in [0.2, 0.25) is 0 Å². The molecule has 22 heavy (non-hydrogen) atoms. The monoisotopic (exact) mass is 306 g/mol. The van der Waals surface area contributed by atoms with Crippen molar-refractivity contribution in [3.8, 4) is 0 Å². The average molecular weight is 306 g/mol. The number of rotatable bonds is 6. The van der Waals surface area contributed by atoms with Gasteiger partial charge in [-0.3, -0.25) is 4.79 Å². The average Bonchev–Trinajstić information content (AvgIpc) is 2.82. The first-order valence-corrected chi connectivity index (χ1v) is 7.93. The lowest BCUT2D eigenvalue weighted by Gasteiger charge is -2.22. The van der Waals surface area contributed by atoms with Crippen LogP contribution in [0.5, 0.6) is 0 Å². The van der Waals surface area contributed by atoms with Crippen LogP contribution in [0.1, 0.15) is 31.2 Å². The van der Waals surface area contributed by atoms with Gasteiger partial charge in [0.1, 0.15) is 11.9 Å². The van der Waals surface area contributed by atoms with E-state index >= 15 is 0 Å². The fourth-order valence-corrected chi connectivity index (χ4v) is 2.62. The van der Waals surface area contributed by atoms with Crippen LogP contribution < -0.4 is 16.0 Å². The molecule has 6 nitrogen and oxygen atoms in total. The van der Waals surface area contributed by atoms with E-state index in [4.69, 9.17) is 10.5 Å². The van der Waals surface area contributed by atoms with Crippen LogP contribution in [-0.2, 0) is 16.1 Å². The molecule has 0 bridgehead atoms. The van der Waals surface area contributed by atoms with Gasteiger partial charge in [-0.25, -0.2) is 4.98 Å². The van der Waals surface area contributed by atoms with Gasteiger partial charge in [0.25, 0.3) is 0 Å². The number of ether oxygens (including phenoxy) is 1. The lowest BCUT2D eigenvalue weighted by Crippen LogP contribution is -2.43. The number of carbonyl (C=O) groups excluding carboxylic acids is 1. The van der Waals surface area contributed by atoms with E-state index in [0.29, 0.717) is 6.54 Å². The van der Waals surface area contributed by atoms with E-state index in [1.165, 1.54) is 32.8 Å². The molecule has 1 unspecified atom stereocenters. The molecular formula is C16H26N4O2. The Balaban J connectivity index is 1.92. The van der Waals surface area contributed by atoms with E-state index in [1.54, 1.807) is 6.20 Å². The molecule has 122 valence electrons. The highest BCUT2D eigenvalue weighted by atomic mass is 16.5. The van der Waals surface area contributed by atoms with E-state index in [1.807, 2.05) is 12.1 Å². The van der Waals surface area contributed by atoms with Crippen LogP contribution >= 0.6 is 0 Å². The van der Waals surface area contributed by atoms with Gasteiger partial charge < -0.3 is 20.7 Å². The predicted molar refractivity (Wildman–Crippen MR) is 86.6 cm³/mol. The molecule has 1 aromatic heterocycles. The maximum atomic E-state index is 11.8. The normalized spacial score (nSPS) is 16.9. The van der Waals surface area contributed by atoms with Gasteiger partial charge in [-0.1, -0.05) is 12.8 Å². The molecule has 3 N–H and O–H groups in total. The van der Waals surface area contributed by atoms with Crippen molar-refractivity contribution in [1.29, 1.82) is 0 Å². The van der Waals surface area contributed by atoms with Crippen molar-refractivity contribution in [1.82, 2.24) is 10.3 Å². The summed E-state index contributed by atoms with van der Waals surface area (Å²) in [6.45, 7) is 2.80. The van der Waals surface area contributed by atoms with E-state index in [0.717, 1.165) is 24.5 Å². The molecule has 2 rings (SSSR count). The zero-order valence-electron chi connectivity index (χ0n) is 13.3. The second-order valence-corrected chi connectivity index (χ2v) is 5.70. The van der Waals surface area contributed by atoms with Crippen LogP contribution in [0.4, 0.5) is 5.82 Å². The topological polar surface area (TPSA) is 80.5 Å². The number of pyridine rings is 1. The number of hydrogen-bond acceptors (Lipinski definition) is 5. The maximum absolute atomic E-state index is 11.8. The Morgan fingerprint density at radius 2 is 2.14 bits per heavy atom. The Morgan fingerprint density at radius 1 is 1.41 bits per heavy atom. The van der Waals surface area contributed by atoms with E-state index in [9.17, 15) is 4.79 Å². The number of anilines is 1. The number of nitrogens with zero attached hydrogens (tertiary/aromatic N) is 2. The number of aromatic nitrogens is 1. The molecule has 1 atom stereocenters. The van der Waals surface area contributed by atoms with Crippen molar-refractivity contribution in [3.63, 3.8) is 0 Å². The van der Waals surface area contributed by atoms with Crippen LogP contribution in [-0.4, -0.2) is 43.7 Å².